The van der Waals surface area contributed by atoms with Crippen LogP contribution in [-0.4, -0.2) is 10.6 Å². The second kappa shape index (κ2) is 4.92. The second-order valence-corrected chi connectivity index (χ2v) is 4.16. The molecular formula is C11H10BrNO. The lowest BCUT2D eigenvalue weighted by Gasteiger charge is -2.06. The predicted molar refractivity (Wildman–Crippen MR) is 58.3 cm³/mol. The third-order valence-electron chi connectivity index (χ3n) is 1.98. The van der Waals surface area contributed by atoms with Gasteiger partial charge in [-0.25, -0.2) is 0 Å². The molecule has 0 aliphatic heterocycles. The molecule has 1 rings (SSSR count). The highest BCUT2D eigenvalue weighted by molar-refractivity contribution is 9.10. The molecule has 1 unspecified atom stereocenters. The third-order valence-corrected chi connectivity index (χ3v) is 2.95. The topological polar surface area (TPSA) is 40.9 Å². The molecule has 1 aromatic rings. The Kier molecular flexibility index (Phi) is 3.84. The number of halogens is 1. The van der Waals surface area contributed by atoms with Gasteiger partial charge in [0.1, 0.15) is 5.78 Å². The average molecular weight is 252 g/mol. The lowest BCUT2D eigenvalue weighted by Crippen LogP contribution is -2.13. The van der Waals surface area contributed by atoms with E-state index in [1.165, 1.54) is 6.92 Å². The highest BCUT2D eigenvalue weighted by Crippen LogP contribution is 2.14. The van der Waals surface area contributed by atoms with Crippen molar-refractivity contribution in [1.82, 2.24) is 0 Å². The Morgan fingerprint density at radius 2 is 2.21 bits per heavy atom. The molecule has 0 saturated carbocycles. The summed E-state index contributed by atoms with van der Waals surface area (Å²) in [5.74, 6) is 0.0812. The minimum atomic E-state index is -0.197. The molecule has 0 heterocycles. The Labute approximate surface area is 91.7 Å². The number of alkyl halides is 1. The molecule has 1 atom stereocenters. The van der Waals surface area contributed by atoms with Gasteiger partial charge in [-0.2, -0.15) is 5.26 Å². The average Bonchev–Trinajstić information content (AvgIpc) is 2.18. The van der Waals surface area contributed by atoms with Crippen molar-refractivity contribution in [1.29, 1.82) is 5.26 Å². The van der Waals surface area contributed by atoms with Crippen LogP contribution < -0.4 is 0 Å². The Hall–Kier alpha value is -1.14. The summed E-state index contributed by atoms with van der Waals surface area (Å²) in [4.78, 5) is 10.8. The van der Waals surface area contributed by atoms with Crippen LogP contribution in [0.1, 0.15) is 18.1 Å². The van der Waals surface area contributed by atoms with E-state index < -0.39 is 0 Å². The molecular weight excluding hydrogens is 242 g/mol. The molecule has 0 bridgehead atoms. The van der Waals surface area contributed by atoms with Gasteiger partial charge in [0, 0.05) is 0 Å². The van der Waals surface area contributed by atoms with E-state index in [1.807, 2.05) is 18.2 Å². The lowest BCUT2D eigenvalue weighted by molar-refractivity contribution is -0.116. The smallest absolute Gasteiger partial charge is 0.143 e. The largest absolute Gasteiger partial charge is 0.299 e. The number of carbonyl (C=O) groups is 1. The van der Waals surface area contributed by atoms with E-state index in [9.17, 15) is 4.79 Å². The zero-order valence-corrected chi connectivity index (χ0v) is 9.41. The van der Waals surface area contributed by atoms with Gasteiger partial charge in [0.2, 0.25) is 0 Å². The van der Waals surface area contributed by atoms with Crippen molar-refractivity contribution < 1.29 is 4.79 Å². The summed E-state index contributed by atoms with van der Waals surface area (Å²) >= 11 is 3.28. The first-order chi connectivity index (χ1) is 6.65. The highest BCUT2D eigenvalue weighted by atomic mass is 79.9. The molecule has 0 amide bonds. The molecule has 2 nitrogen and oxygen atoms in total. The number of nitrogens with zero attached hydrogens (tertiary/aromatic N) is 1. The molecule has 0 spiro atoms. The van der Waals surface area contributed by atoms with E-state index in [1.54, 1.807) is 6.07 Å². The van der Waals surface area contributed by atoms with Crippen LogP contribution in [0, 0.1) is 11.3 Å². The summed E-state index contributed by atoms with van der Waals surface area (Å²) in [7, 11) is 0. The van der Waals surface area contributed by atoms with Gasteiger partial charge >= 0.3 is 0 Å². The van der Waals surface area contributed by atoms with E-state index in [4.69, 9.17) is 5.26 Å². The normalized spacial score (nSPS) is 11.8. The standard InChI is InChI=1S/C11H10BrNO/c1-8(14)11(12)6-9-4-2-3-5-10(9)7-13/h2-5,11H,6H2,1H3. The lowest BCUT2D eigenvalue weighted by atomic mass is 10.0. The molecule has 1 aromatic carbocycles. The molecule has 0 aliphatic rings. The second-order valence-electron chi connectivity index (χ2n) is 3.05. The first kappa shape index (κ1) is 10.9. The van der Waals surface area contributed by atoms with Gasteiger partial charge in [0.25, 0.3) is 0 Å². The van der Waals surface area contributed by atoms with Crippen molar-refractivity contribution in [2.24, 2.45) is 0 Å². The Morgan fingerprint density at radius 1 is 1.57 bits per heavy atom. The van der Waals surface area contributed by atoms with E-state index in [-0.39, 0.29) is 10.6 Å². The molecule has 0 aromatic heterocycles. The maximum Gasteiger partial charge on any atom is 0.143 e. The number of hydrogen-bond donors (Lipinski definition) is 0. The first-order valence-corrected chi connectivity index (χ1v) is 5.19. The first-order valence-electron chi connectivity index (χ1n) is 4.27. The number of ketones is 1. The predicted octanol–water partition coefficient (Wildman–Crippen LogP) is 2.45. The number of Topliss-reactive ketones (excluding diaryl/α,β-unsaturated/α-hetero) is 1. The van der Waals surface area contributed by atoms with Gasteiger partial charge in [0.15, 0.2) is 0 Å². The van der Waals surface area contributed by atoms with E-state index in [0.717, 1.165) is 5.56 Å². The SMILES string of the molecule is CC(=O)C(Br)Cc1ccccc1C#N. The van der Waals surface area contributed by atoms with Crippen molar-refractivity contribution in [2.75, 3.05) is 0 Å². The van der Waals surface area contributed by atoms with Crippen LogP contribution >= 0.6 is 15.9 Å². The summed E-state index contributed by atoms with van der Waals surface area (Å²) in [6, 6.07) is 9.43. The molecule has 14 heavy (non-hydrogen) atoms. The van der Waals surface area contributed by atoms with E-state index in [2.05, 4.69) is 22.0 Å². The number of nitriles is 1. The summed E-state index contributed by atoms with van der Waals surface area (Å²) < 4.78 is 0. The number of rotatable bonds is 3. The molecule has 0 fully saturated rings. The Balaban J connectivity index is 2.87. The van der Waals surface area contributed by atoms with E-state index in [0.29, 0.717) is 12.0 Å². The molecule has 0 radical (unpaired) electrons. The summed E-state index contributed by atoms with van der Waals surface area (Å²) in [5, 5.41) is 8.82. The summed E-state index contributed by atoms with van der Waals surface area (Å²) in [5.41, 5.74) is 1.55. The van der Waals surface area contributed by atoms with Crippen molar-refractivity contribution in [3.63, 3.8) is 0 Å². The fourth-order valence-corrected chi connectivity index (χ4v) is 1.49. The molecule has 3 heteroatoms. The Morgan fingerprint density at radius 3 is 2.79 bits per heavy atom. The van der Waals surface area contributed by atoms with Gasteiger partial charge in [-0.3, -0.25) is 4.79 Å². The fourth-order valence-electron chi connectivity index (χ4n) is 1.14. The number of carbonyl (C=O) groups excluding carboxylic acids is 1. The highest BCUT2D eigenvalue weighted by Gasteiger charge is 2.12. The molecule has 0 saturated heterocycles. The fraction of sp³-hybridized carbons (Fsp3) is 0.273. The van der Waals surface area contributed by atoms with Crippen LogP contribution in [-0.2, 0) is 11.2 Å². The van der Waals surface area contributed by atoms with Gasteiger partial charge < -0.3 is 0 Å². The summed E-state index contributed by atoms with van der Waals surface area (Å²) in [6.45, 7) is 1.54. The Bertz CT molecular complexity index is 381. The molecule has 0 N–H and O–H groups in total. The minimum absolute atomic E-state index is 0.0812. The maximum atomic E-state index is 11.0. The van der Waals surface area contributed by atoms with Crippen LogP contribution in [0.5, 0.6) is 0 Å². The number of hydrogen-bond acceptors (Lipinski definition) is 2. The quantitative estimate of drug-likeness (QED) is 0.775. The maximum absolute atomic E-state index is 11.0. The zero-order valence-electron chi connectivity index (χ0n) is 7.83. The van der Waals surface area contributed by atoms with Crippen molar-refractivity contribution in [3.8, 4) is 6.07 Å². The zero-order chi connectivity index (χ0) is 10.6. The van der Waals surface area contributed by atoms with Gasteiger partial charge in [0.05, 0.1) is 16.5 Å². The van der Waals surface area contributed by atoms with Gasteiger partial charge in [-0.1, -0.05) is 34.1 Å². The van der Waals surface area contributed by atoms with Gasteiger partial charge in [-0.15, -0.1) is 0 Å². The molecule has 0 aliphatic carbocycles. The van der Waals surface area contributed by atoms with Crippen molar-refractivity contribution in [2.45, 2.75) is 18.2 Å². The number of benzene rings is 1. The minimum Gasteiger partial charge on any atom is -0.299 e. The van der Waals surface area contributed by atoms with Crippen LogP contribution in [0.15, 0.2) is 24.3 Å². The van der Waals surface area contributed by atoms with Crippen LogP contribution in [0.4, 0.5) is 0 Å². The van der Waals surface area contributed by atoms with Crippen molar-refractivity contribution in [3.05, 3.63) is 35.4 Å². The third kappa shape index (κ3) is 2.68. The van der Waals surface area contributed by atoms with E-state index >= 15 is 0 Å². The van der Waals surface area contributed by atoms with Crippen LogP contribution in [0.2, 0.25) is 0 Å². The van der Waals surface area contributed by atoms with Crippen LogP contribution in [0.3, 0.4) is 0 Å². The van der Waals surface area contributed by atoms with Gasteiger partial charge in [-0.05, 0) is 25.0 Å². The molecule has 72 valence electrons. The summed E-state index contributed by atoms with van der Waals surface area (Å²) in [6.07, 6.45) is 0.569. The van der Waals surface area contributed by atoms with Crippen molar-refractivity contribution >= 4 is 21.7 Å². The monoisotopic (exact) mass is 251 g/mol. The van der Waals surface area contributed by atoms with Crippen LogP contribution in [0.25, 0.3) is 0 Å².